The van der Waals surface area contributed by atoms with Crippen LogP contribution >= 0.6 is 0 Å². The third-order valence-electron chi connectivity index (χ3n) is 4.19. The van der Waals surface area contributed by atoms with Crippen LogP contribution in [0.2, 0.25) is 0 Å². The molecule has 1 heterocycles. The third kappa shape index (κ3) is 3.33. The Morgan fingerprint density at radius 2 is 2.00 bits per heavy atom. The van der Waals surface area contributed by atoms with Gasteiger partial charge in [0.05, 0.1) is 0 Å². The minimum absolute atomic E-state index is 0.324. The number of hydrogen-bond donors (Lipinski definition) is 1. The molecule has 0 spiro atoms. The first-order valence-electron chi connectivity index (χ1n) is 7.10. The lowest BCUT2D eigenvalue weighted by Gasteiger charge is -2.25. The number of likely N-dealkylation sites (tertiary alicyclic amines) is 1. The molecule has 1 aromatic carbocycles. The van der Waals surface area contributed by atoms with Crippen LogP contribution in [0.4, 0.5) is 0 Å². The third-order valence-corrected chi connectivity index (χ3v) is 4.19. The van der Waals surface area contributed by atoms with E-state index in [0.29, 0.717) is 18.6 Å². The van der Waals surface area contributed by atoms with Gasteiger partial charge in [-0.3, -0.25) is 4.90 Å². The van der Waals surface area contributed by atoms with Gasteiger partial charge in [0.2, 0.25) is 0 Å². The lowest BCUT2D eigenvalue weighted by Crippen LogP contribution is -2.25. The molecule has 0 radical (unpaired) electrons. The summed E-state index contributed by atoms with van der Waals surface area (Å²) >= 11 is 0. The Labute approximate surface area is 111 Å². The van der Waals surface area contributed by atoms with Crippen LogP contribution in [0.5, 0.6) is 0 Å². The van der Waals surface area contributed by atoms with Crippen molar-refractivity contribution in [3.05, 3.63) is 35.9 Å². The van der Waals surface area contributed by atoms with Gasteiger partial charge >= 0.3 is 0 Å². The first-order valence-corrected chi connectivity index (χ1v) is 7.10. The highest BCUT2D eigenvalue weighted by Crippen LogP contribution is 2.30. The van der Waals surface area contributed by atoms with Crippen LogP contribution in [0.3, 0.4) is 0 Å². The van der Waals surface area contributed by atoms with Crippen molar-refractivity contribution >= 4 is 0 Å². The van der Waals surface area contributed by atoms with E-state index in [4.69, 9.17) is 5.11 Å². The first-order chi connectivity index (χ1) is 8.70. The quantitative estimate of drug-likeness (QED) is 0.864. The minimum atomic E-state index is 0.324. The van der Waals surface area contributed by atoms with Crippen LogP contribution in [-0.2, 0) is 0 Å². The van der Waals surface area contributed by atoms with Gasteiger partial charge in [-0.2, -0.15) is 0 Å². The SMILES string of the molecule is CC(CO)C[C@H]1CCN([C@@H](C)c2ccccc2)C1. The highest BCUT2D eigenvalue weighted by Gasteiger charge is 2.27. The predicted molar refractivity (Wildman–Crippen MR) is 75.4 cm³/mol. The number of nitrogens with zero attached hydrogens (tertiary/aromatic N) is 1. The highest BCUT2D eigenvalue weighted by molar-refractivity contribution is 5.18. The van der Waals surface area contributed by atoms with Crippen LogP contribution in [-0.4, -0.2) is 29.7 Å². The van der Waals surface area contributed by atoms with Gasteiger partial charge in [0, 0.05) is 19.2 Å². The standard InChI is InChI=1S/C16H25NO/c1-13(12-18)10-15-8-9-17(11-15)14(2)16-6-4-3-5-7-16/h3-7,13-15,18H,8-12H2,1-2H3/t13?,14-,15+/m0/s1. The van der Waals surface area contributed by atoms with Crippen LogP contribution in [0, 0.1) is 11.8 Å². The van der Waals surface area contributed by atoms with Crippen molar-refractivity contribution in [2.45, 2.75) is 32.7 Å². The molecule has 100 valence electrons. The van der Waals surface area contributed by atoms with Crippen molar-refractivity contribution in [1.29, 1.82) is 0 Å². The number of aliphatic hydroxyl groups is 1. The molecule has 1 unspecified atom stereocenters. The van der Waals surface area contributed by atoms with E-state index in [0.717, 1.165) is 12.3 Å². The Morgan fingerprint density at radius 3 is 2.67 bits per heavy atom. The largest absolute Gasteiger partial charge is 0.396 e. The maximum absolute atomic E-state index is 9.13. The van der Waals surface area contributed by atoms with Crippen molar-refractivity contribution in [2.75, 3.05) is 19.7 Å². The molecule has 1 aromatic rings. The van der Waals surface area contributed by atoms with Crippen LogP contribution in [0.25, 0.3) is 0 Å². The summed E-state index contributed by atoms with van der Waals surface area (Å²) in [6, 6.07) is 11.3. The topological polar surface area (TPSA) is 23.5 Å². The summed E-state index contributed by atoms with van der Waals surface area (Å²) in [4.78, 5) is 2.57. The zero-order valence-corrected chi connectivity index (χ0v) is 11.5. The van der Waals surface area contributed by atoms with E-state index in [-0.39, 0.29) is 0 Å². The molecule has 2 rings (SSSR count). The van der Waals surface area contributed by atoms with E-state index in [1.54, 1.807) is 0 Å². The number of rotatable bonds is 5. The molecule has 1 fully saturated rings. The molecule has 1 aliphatic rings. The van der Waals surface area contributed by atoms with E-state index >= 15 is 0 Å². The average molecular weight is 247 g/mol. The van der Waals surface area contributed by atoms with E-state index in [1.807, 2.05) is 0 Å². The second-order valence-corrected chi connectivity index (χ2v) is 5.76. The number of benzene rings is 1. The van der Waals surface area contributed by atoms with Gasteiger partial charge in [0.15, 0.2) is 0 Å². The number of aliphatic hydroxyl groups excluding tert-OH is 1. The van der Waals surface area contributed by atoms with Crippen molar-refractivity contribution in [2.24, 2.45) is 11.8 Å². The molecule has 0 aliphatic carbocycles. The molecule has 0 saturated carbocycles. The summed E-state index contributed by atoms with van der Waals surface area (Å²) in [5.74, 6) is 1.21. The minimum Gasteiger partial charge on any atom is -0.396 e. The summed E-state index contributed by atoms with van der Waals surface area (Å²) in [5.41, 5.74) is 1.41. The van der Waals surface area contributed by atoms with E-state index in [2.05, 4.69) is 49.1 Å². The lowest BCUT2D eigenvalue weighted by molar-refractivity contribution is 0.204. The molecular formula is C16H25NO. The van der Waals surface area contributed by atoms with Gasteiger partial charge < -0.3 is 5.11 Å². The molecule has 2 heteroatoms. The molecule has 18 heavy (non-hydrogen) atoms. The van der Waals surface area contributed by atoms with Crippen LogP contribution < -0.4 is 0 Å². The molecule has 3 atom stereocenters. The second-order valence-electron chi connectivity index (χ2n) is 5.76. The van der Waals surface area contributed by atoms with Crippen molar-refractivity contribution in [3.63, 3.8) is 0 Å². The van der Waals surface area contributed by atoms with E-state index < -0.39 is 0 Å². The molecular weight excluding hydrogens is 222 g/mol. The van der Waals surface area contributed by atoms with Gasteiger partial charge in [0.1, 0.15) is 0 Å². The fourth-order valence-corrected chi connectivity index (χ4v) is 2.99. The summed E-state index contributed by atoms with van der Waals surface area (Å²) in [5, 5.41) is 9.13. The van der Waals surface area contributed by atoms with Gasteiger partial charge in [-0.15, -0.1) is 0 Å². The monoisotopic (exact) mass is 247 g/mol. The number of hydrogen-bond acceptors (Lipinski definition) is 2. The zero-order chi connectivity index (χ0) is 13.0. The maximum atomic E-state index is 9.13. The Morgan fingerprint density at radius 1 is 1.28 bits per heavy atom. The van der Waals surface area contributed by atoms with E-state index in [9.17, 15) is 0 Å². The molecule has 0 bridgehead atoms. The maximum Gasteiger partial charge on any atom is 0.0456 e. The molecule has 2 nitrogen and oxygen atoms in total. The molecule has 0 amide bonds. The molecule has 0 aromatic heterocycles. The predicted octanol–water partition coefficient (Wildman–Crippen LogP) is 3.09. The molecule has 1 saturated heterocycles. The Kier molecular flexibility index (Phi) is 4.79. The summed E-state index contributed by atoms with van der Waals surface area (Å²) in [7, 11) is 0. The normalized spacial score (nSPS) is 24.1. The Hall–Kier alpha value is -0.860. The van der Waals surface area contributed by atoms with Crippen molar-refractivity contribution < 1.29 is 5.11 Å². The molecule has 1 aliphatic heterocycles. The summed E-state index contributed by atoms with van der Waals surface area (Å²) < 4.78 is 0. The Bertz CT molecular complexity index is 351. The van der Waals surface area contributed by atoms with Crippen LogP contribution in [0.1, 0.15) is 38.3 Å². The van der Waals surface area contributed by atoms with E-state index in [1.165, 1.54) is 25.1 Å². The lowest BCUT2D eigenvalue weighted by atomic mass is 9.96. The van der Waals surface area contributed by atoms with Gasteiger partial charge in [-0.1, -0.05) is 37.3 Å². The van der Waals surface area contributed by atoms with Crippen molar-refractivity contribution in [1.82, 2.24) is 4.90 Å². The summed E-state index contributed by atoms with van der Waals surface area (Å²) in [6.45, 7) is 7.14. The van der Waals surface area contributed by atoms with Gasteiger partial charge in [0.25, 0.3) is 0 Å². The second kappa shape index (κ2) is 6.35. The smallest absolute Gasteiger partial charge is 0.0456 e. The fraction of sp³-hybridized carbons (Fsp3) is 0.625. The fourth-order valence-electron chi connectivity index (χ4n) is 2.99. The Balaban J connectivity index is 1.89. The highest BCUT2D eigenvalue weighted by atomic mass is 16.3. The van der Waals surface area contributed by atoms with Crippen molar-refractivity contribution in [3.8, 4) is 0 Å². The zero-order valence-electron chi connectivity index (χ0n) is 11.5. The van der Waals surface area contributed by atoms with Crippen LogP contribution in [0.15, 0.2) is 30.3 Å². The van der Waals surface area contributed by atoms with Gasteiger partial charge in [-0.25, -0.2) is 0 Å². The molecule has 1 N–H and O–H groups in total. The summed E-state index contributed by atoms with van der Waals surface area (Å²) in [6.07, 6.45) is 2.44. The average Bonchev–Trinajstić information content (AvgIpc) is 2.87. The van der Waals surface area contributed by atoms with Gasteiger partial charge in [-0.05, 0) is 43.7 Å². The first kappa shape index (κ1) is 13.6.